The third kappa shape index (κ3) is 3.27. The lowest BCUT2D eigenvalue weighted by Crippen LogP contribution is -2.46. The number of rotatable bonds is 5. The summed E-state index contributed by atoms with van der Waals surface area (Å²) < 4.78 is 0. The first-order valence-corrected chi connectivity index (χ1v) is 8.23. The van der Waals surface area contributed by atoms with E-state index >= 15 is 0 Å². The number of likely N-dealkylation sites (N-methyl/N-ethyl adjacent to an activating group) is 1. The van der Waals surface area contributed by atoms with Crippen molar-refractivity contribution in [1.29, 1.82) is 5.41 Å². The van der Waals surface area contributed by atoms with Gasteiger partial charge >= 0.3 is 0 Å². The van der Waals surface area contributed by atoms with Crippen LogP contribution in [0.1, 0.15) is 19.4 Å². The summed E-state index contributed by atoms with van der Waals surface area (Å²) in [5.74, 6) is 1.17. The summed E-state index contributed by atoms with van der Waals surface area (Å²) in [4.78, 5) is 5.94. The Balaban J connectivity index is 2.27. The number of nitrogen functional groups attached to an aromatic ring is 1. The minimum absolute atomic E-state index is 0.175. The third-order valence-electron chi connectivity index (χ3n) is 3.73. The van der Waals surface area contributed by atoms with E-state index in [9.17, 15) is 0 Å². The lowest BCUT2D eigenvalue weighted by Gasteiger charge is -2.36. The Bertz CT molecular complexity index is 467. The first-order chi connectivity index (χ1) is 9.67. The van der Waals surface area contributed by atoms with Crippen LogP contribution >= 0.6 is 11.8 Å². The molecule has 0 radical (unpaired) electrons. The molecular weight excluding hydrogens is 268 g/mol. The maximum atomic E-state index is 7.92. The molecular formula is C15H24N4S. The molecule has 3 N–H and O–H groups in total. The normalized spacial score (nSPS) is 16.4. The minimum Gasteiger partial charge on any atom is -0.384 e. The lowest BCUT2D eigenvalue weighted by atomic mass is 10.1. The highest BCUT2D eigenvalue weighted by Crippen LogP contribution is 2.31. The van der Waals surface area contributed by atoms with Crippen molar-refractivity contribution >= 4 is 23.3 Å². The topological polar surface area (TPSA) is 56.4 Å². The minimum atomic E-state index is 0.175. The number of nitrogens with two attached hydrogens (primary N) is 1. The van der Waals surface area contributed by atoms with Gasteiger partial charge in [-0.1, -0.05) is 19.9 Å². The average molecular weight is 292 g/mol. The first kappa shape index (κ1) is 15.2. The largest absolute Gasteiger partial charge is 0.384 e. The van der Waals surface area contributed by atoms with Crippen LogP contribution < -0.4 is 10.6 Å². The predicted molar refractivity (Wildman–Crippen MR) is 88.2 cm³/mol. The van der Waals surface area contributed by atoms with Crippen LogP contribution in [-0.4, -0.2) is 49.2 Å². The summed E-state index contributed by atoms with van der Waals surface area (Å²) in [5, 5.41) is 7.92. The number of piperazine rings is 1. The van der Waals surface area contributed by atoms with Gasteiger partial charge in [0.15, 0.2) is 0 Å². The Labute approximate surface area is 125 Å². The molecule has 0 unspecified atom stereocenters. The molecule has 110 valence electrons. The molecule has 1 aromatic carbocycles. The number of anilines is 1. The van der Waals surface area contributed by atoms with E-state index in [1.807, 2.05) is 0 Å². The van der Waals surface area contributed by atoms with Crippen LogP contribution in [0.25, 0.3) is 0 Å². The second kappa shape index (κ2) is 6.99. The number of thioether (sulfide) groups is 1. The van der Waals surface area contributed by atoms with Crippen molar-refractivity contribution in [2.45, 2.75) is 18.7 Å². The van der Waals surface area contributed by atoms with Gasteiger partial charge in [-0.25, -0.2) is 0 Å². The van der Waals surface area contributed by atoms with E-state index < -0.39 is 0 Å². The van der Waals surface area contributed by atoms with Gasteiger partial charge in [0.25, 0.3) is 0 Å². The molecule has 0 spiro atoms. The van der Waals surface area contributed by atoms with Crippen molar-refractivity contribution in [3.8, 4) is 0 Å². The highest BCUT2D eigenvalue weighted by atomic mass is 32.2. The maximum absolute atomic E-state index is 7.92. The number of hydrogen-bond acceptors (Lipinski definition) is 4. The molecule has 1 aliphatic rings. The zero-order chi connectivity index (χ0) is 14.5. The van der Waals surface area contributed by atoms with Crippen molar-refractivity contribution in [2.75, 3.05) is 43.4 Å². The zero-order valence-corrected chi connectivity index (χ0v) is 13.2. The monoisotopic (exact) mass is 292 g/mol. The van der Waals surface area contributed by atoms with Crippen LogP contribution in [0.5, 0.6) is 0 Å². The molecule has 0 bridgehead atoms. The highest BCUT2D eigenvalue weighted by molar-refractivity contribution is 7.99. The van der Waals surface area contributed by atoms with Gasteiger partial charge in [-0.15, -0.1) is 11.8 Å². The number of hydrogen-bond donors (Lipinski definition) is 2. The molecule has 1 fully saturated rings. The molecule has 0 aliphatic carbocycles. The highest BCUT2D eigenvalue weighted by Gasteiger charge is 2.20. The van der Waals surface area contributed by atoms with E-state index in [1.165, 1.54) is 0 Å². The van der Waals surface area contributed by atoms with Crippen LogP contribution in [0.4, 0.5) is 5.69 Å². The summed E-state index contributed by atoms with van der Waals surface area (Å²) in [6.07, 6.45) is 0. The Morgan fingerprint density at radius 1 is 1.25 bits per heavy atom. The Hall–Kier alpha value is -1.20. The van der Waals surface area contributed by atoms with Gasteiger partial charge in [0.05, 0.1) is 5.56 Å². The Morgan fingerprint density at radius 2 is 1.95 bits per heavy atom. The lowest BCUT2D eigenvalue weighted by molar-refractivity contribution is 0.271. The van der Waals surface area contributed by atoms with Crippen LogP contribution in [0.2, 0.25) is 0 Å². The Kier molecular flexibility index (Phi) is 5.31. The SMILES string of the molecule is CCSc1cccc(N2CCN(CC)CC2)c1C(=N)N. The average Bonchev–Trinajstić information content (AvgIpc) is 2.47. The van der Waals surface area contributed by atoms with E-state index in [0.717, 1.165) is 54.6 Å². The number of nitrogens with zero attached hydrogens (tertiary/aromatic N) is 2. The molecule has 0 amide bonds. The molecule has 0 atom stereocenters. The second-order valence-electron chi connectivity index (χ2n) is 4.92. The predicted octanol–water partition coefficient (Wildman–Crippen LogP) is 2.22. The smallest absolute Gasteiger partial charge is 0.126 e. The summed E-state index contributed by atoms with van der Waals surface area (Å²) in [6.45, 7) is 9.62. The fourth-order valence-electron chi connectivity index (χ4n) is 2.63. The van der Waals surface area contributed by atoms with Crippen molar-refractivity contribution in [3.63, 3.8) is 0 Å². The second-order valence-corrected chi connectivity index (χ2v) is 6.22. The van der Waals surface area contributed by atoms with Gasteiger partial charge in [0, 0.05) is 36.8 Å². The van der Waals surface area contributed by atoms with E-state index in [1.54, 1.807) is 11.8 Å². The Morgan fingerprint density at radius 3 is 2.50 bits per heavy atom. The van der Waals surface area contributed by atoms with Crippen molar-refractivity contribution in [1.82, 2.24) is 4.90 Å². The van der Waals surface area contributed by atoms with Gasteiger partial charge in [-0.05, 0) is 24.4 Å². The summed E-state index contributed by atoms with van der Waals surface area (Å²) in [5.41, 5.74) is 7.86. The molecule has 5 heteroatoms. The van der Waals surface area contributed by atoms with Gasteiger partial charge in [-0.2, -0.15) is 0 Å². The molecule has 4 nitrogen and oxygen atoms in total. The molecule has 1 saturated heterocycles. The summed E-state index contributed by atoms with van der Waals surface area (Å²) in [6, 6.07) is 6.24. The van der Waals surface area contributed by atoms with E-state index in [0.29, 0.717) is 0 Å². The number of amidine groups is 1. The molecule has 20 heavy (non-hydrogen) atoms. The summed E-state index contributed by atoms with van der Waals surface area (Å²) >= 11 is 1.76. The van der Waals surface area contributed by atoms with E-state index in [4.69, 9.17) is 11.1 Å². The third-order valence-corrected chi connectivity index (χ3v) is 4.67. The van der Waals surface area contributed by atoms with Crippen molar-refractivity contribution < 1.29 is 0 Å². The van der Waals surface area contributed by atoms with Crippen LogP contribution in [0, 0.1) is 5.41 Å². The fourth-order valence-corrected chi connectivity index (χ4v) is 3.48. The van der Waals surface area contributed by atoms with E-state index in [2.05, 4.69) is 41.8 Å². The van der Waals surface area contributed by atoms with Gasteiger partial charge in [0.1, 0.15) is 5.84 Å². The van der Waals surface area contributed by atoms with Gasteiger partial charge in [-0.3, -0.25) is 5.41 Å². The first-order valence-electron chi connectivity index (χ1n) is 7.24. The molecule has 1 aromatic rings. The number of nitrogens with one attached hydrogen (secondary N) is 1. The van der Waals surface area contributed by atoms with Crippen molar-refractivity contribution in [2.24, 2.45) is 5.73 Å². The number of benzene rings is 1. The van der Waals surface area contributed by atoms with Crippen LogP contribution in [0.3, 0.4) is 0 Å². The van der Waals surface area contributed by atoms with E-state index in [-0.39, 0.29) is 5.84 Å². The molecule has 0 aromatic heterocycles. The molecule has 1 heterocycles. The maximum Gasteiger partial charge on any atom is 0.126 e. The van der Waals surface area contributed by atoms with Crippen LogP contribution in [-0.2, 0) is 0 Å². The molecule has 0 saturated carbocycles. The zero-order valence-electron chi connectivity index (χ0n) is 12.4. The standard InChI is InChI=1S/C15H24N4S/c1-3-18-8-10-19(11-9-18)12-6-5-7-13(20-4-2)14(12)15(16)17/h5-7H,3-4,8-11H2,1-2H3,(H3,16,17). The van der Waals surface area contributed by atoms with Gasteiger partial charge < -0.3 is 15.5 Å². The van der Waals surface area contributed by atoms with Crippen LogP contribution in [0.15, 0.2) is 23.1 Å². The molecule has 1 aliphatic heterocycles. The van der Waals surface area contributed by atoms with Crippen molar-refractivity contribution in [3.05, 3.63) is 23.8 Å². The van der Waals surface area contributed by atoms with Gasteiger partial charge in [0.2, 0.25) is 0 Å². The molecule has 2 rings (SSSR count). The fraction of sp³-hybridized carbons (Fsp3) is 0.533. The summed E-state index contributed by atoms with van der Waals surface area (Å²) in [7, 11) is 0. The quantitative estimate of drug-likeness (QED) is 0.496.